The number of carbonyl (C=O) groups is 1. The predicted octanol–water partition coefficient (Wildman–Crippen LogP) is 3.12. The third kappa shape index (κ3) is 2.34. The number of rotatable bonds is 0. The van der Waals surface area contributed by atoms with Gasteiger partial charge in [0.05, 0.1) is 6.61 Å². The Morgan fingerprint density at radius 2 is 1.88 bits per heavy atom. The van der Waals surface area contributed by atoms with Crippen LogP contribution in [0.25, 0.3) is 0 Å². The second kappa shape index (κ2) is 5.22. The van der Waals surface area contributed by atoms with Gasteiger partial charge in [-0.1, -0.05) is 0 Å². The Morgan fingerprint density at radius 3 is 2.50 bits per heavy atom. The summed E-state index contributed by atoms with van der Waals surface area (Å²) in [7, 11) is 0. The van der Waals surface area contributed by atoms with Crippen molar-refractivity contribution < 1.29 is 9.53 Å². The van der Waals surface area contributed by atoms with Crippen LogP contribution in [0, 0.1) is 0 Å². The van der Waals surface area contributed by atoms with Gasteiger partial charge in [0.15, 0.2) is 0 Å². The summed E-state index contributed by atoms with van der Waals surface area (Å²) in [6, 6.07) is 4.46. The maximum atomic E-state index is 11.9. The number of anilines is 1. The van der Waals surface area contributed by atoms with Gasteiger partial charge in [0.25, 0.3) is 0 Å². The lowest BCUT2D eigenvalue weighted by Gasteiger charge is -2.44. The van der Waals surface area contributed by atoms with E-state index in [2.05, 4.69) is 37.8 Å². The number of ether oxygens (including phenoxy) is 1. The highest BCUT2D eigenvalue weighted by molar-refractivity contribution is 5.94. The number of piperidine rings is 1. The molecule has 0 radical (unpaired) electrons. The Labute approximate surface area is 144 Å². The number of amides is 1. The minimum atomic E-state index is 0.136. The van der Waals surface area contributed by atoms with Crippen LogP contribution in [0.3, 0.4) is 0 Å². The van der Waals surface area contributed by atoms with E-state index in [4.69, 9.17) is 4.74 Å². The molecule has 4 rings (SSSR count). The number of likely N-dealkylation sites (tertiary alicyclic amines) is 1. The van der Waals surface area contributed by atoms with Gasteiger partial charge in [-0.3, -0.25) is 9.69 Å². The highest BCUT2D eigenvalue weighted by Crippen LogP contribution is 2.49. The molecule has 24 heavy (non-hydrogen) atoms. The van der Waals surface area contributed by atoms with Crippen molar-refractivity contribution in [1.29, 1.82) is 0 Å². The number of hydrogen-bond acceptors (Lipinski definition) is 3. The van der Waals surface area contributed by atoms with Gasteiger partial charge >= 0.3 is 0 Å². The fourth-order valence-electron chi connectivity index (χ4n) is 4.59. The summed E-state index contributed by atoms with van der Waals surface area (Å²) in [6.45, 7) is 12.4. The minimum Gasteiger partial charge on any atom is -0.492 e. The second-order valence-corrected chi connectivity index (χ2v) is 8.62. The number of fused-ring (bicyclic) bond motifs is 3. The first-order chi connectivity index (χ1) is 11.3. The molecule has 1 spiro atoms. The Morgan fingerprint density at radius 1 is 1.17 bits per heavy atom. The zero-order valence-electron chi connectivity index (χ0n) is 15.3. The van der Waals surface area contributed by atoms with E-state index < -0.39 is 0 Å². The zero-order valence-corrected chi connectivity index (χ0v) is 15.3. The first kappa shape index (κ1) is 15.9. The molecular formula is C20H28N2O2. The molecule has 4 heteroatoms. The van der Waals surface area contributed by atoms with E-state index in [9.17, 15) is 4.79 Å². The van der Waals surface area contributed by atoms with E-state index in [0.29, 0.717) is 0 Å². The molecule has 3 aliphatic heterocycles. The summed E-state index contributed by atoms with van der Waals surface area (Å²) in [5, 5.41) is 0. The maximum absolute atomic E-state index is 11.9. The second-order valence-electron chi connectivity index (χ2n) is 8.62. The van der Waals surface area contributed by atoms with Crippen LogP contribution in [-0.4, -0.2) is 42.6 Å². The molecule has 1 aromatic rings. The number of carbonyl (C=O) groups excluding carboxylic acids is 1. The number of hydrogen-bond donors (Lipinski definition) is 0. The molecule has 130 valence electrons. The van der Waals surface area contributed by atoms with Crippen LogP contribution in [0.2, 0.25) is 0 Å². The third-order valence-corrected chi connectivity index (χ3v) is 6.20. The monoisotopic (exact) mass is 328 g/mol. The van der Waals surface area contributed by atoms with Crippen LogP contribution < -0.4 is 9.64 Å². The summed E-state index contributed by atoms with van der Waals surface area (Å²) in [5.74, 6) is 1.20. The van der Waals surface area contributed by atoms with Crippen molar-refractivity contribution in [3.8, 4) is 5.75 Å². The van der Waals surface area contributed by atoms with Crippen molar-refractivity contribution in [3.05, 3.63) is 23.3 Å². The Hall–Kier alpha value is -1.55. The normalized spacial score (nSPS) is 22.4. The smallest absolute Gasteiger partial charge is 0.223 e. The number of nitrogens with zero attached hydrogens (tertiary/aromatic N) is 2. The molecule has 0 N–H and O–H groups in total. The van der Waals surface area contributed by atoms with Crippen molar-refractivity contribution in [2.45, 2.75) is 57.9 Å². The molecule has 3 heterocycles. The van der Waals surface area contributed by atoms with E-state index >= 15 is 0 Å². The summed E-state index contributed by atoms with van der Waals surface area (Å²) < 4.78 is 6.11. The highest BCUT2D eigenvalue weighted by Gasteiger charge is 2.45. The fourth-order valence-corrected chi connectivity index (χ4v) is 4.59. The van der Waals surface area contributed by atoms with E-state index in [-0.39, 0.29) is 16.9 Å². The lowest BCUT2D eigenvalue weighted by atomic mass is 9.73. The average Bonchev–Trinajstić information content (AvgIpc) is 3.08. The van der Waals surface area contributed by atoms with Crippen LogP contribution >= 0.6 is 0 Å². The Bertz CT molecular complexity index is 682. The van der Waals surface area contributed by atoms with E-state index in [1.807, 2.05) is 4.90 Å². The molecule has 0 atom stereocenters. The maximum Gasteiger partial charge on any atom is 0.223 e. The molecule has 1 aromatic carbocycles. The standard InChI is InChI=1S/C20H28N2O2/c1-14(23)22-8-5-15-11-18-16(12-17(15)22)20(13-24-18)6-9-21(10-7-20)19(2,3)4/h11-12H,5-10,13H2,1-4H3. The highest BCUT2D eigenvalue weighted by atomic mass is 16.5. The molecule has 4 nitrogen and oxygen atoms in total. The molecule has 1 amide bonds. The average molecular weight is 328 g/mol. The van der Waals surface area contributed by atoms with Gasteiger partial charge in [0, 0.05) is 35.7 Å². The van der Waals surface area contributed by atoms with E-state index in [0.717, 1.165) is 56.9 Å². The van der Waals surface area contributed by atoms with E-state index in [1.165, 1.54) is 11.1 Å². The topological polar surface area (TPSA) is 32.8 Å². The van der Waals surface area contributed by atoms with Crippen molar-refractivity contribution in [3.63, 3.8) is 0 Å². The zero-order chi connectivity index (χ0) is 17.1. The van der Waals surface area contributed by atoms with Gasteiger partial charge in [-0.15, -0.1) is 0 Å². The Kier molecular flexibility index (Phi) is 3.47. The van der Waals surface area contributed by atoms with Gasteiger partial charge < -0.3 is 9.64 Å². The third-order valence-electron chi connectivity index (χ3n) is 6.20. The molecule has 0 aliphatic carbocycles. The van der Waals surface area contributed by atoms with Crippen LogP contribution in [-0.2, 0) is 16.6 Å². The molecule has 1 saturated heterocycles. The summed E-state index contributed by atoms with van der Waals surface area (Å²) >= 11 is 0. The molecule has 0 bridgehead atoms. The molecule has 0 aromatic heterocycles. The van der Waals surface area contributed by atoms with Crippen molar-refractivity contribution in [2.24, 2.45) is 0 Å². The molecule has 1 fully saturated rings. The summed E-state index contributed by atoms with van der Waals surface area (Å²) in [4.78, 5) is 16.4. The van der Waals surface area contributed by atoms with Crippen LogP contribution in [0.1, 0.15) is 51.7 Å². The lowest BCUT2D eigenvalue weighted by molar-refractivity contribution is -0.116. The molecular weight excluding hydrogens is 300 g/mol. The molecule has 0 saturated carbocycles. The summed E-state index contributed by atoms with van der Waals surface area (Å²) in [6.07, 6.45) is 3.21. The van der Waals surface area contributed by atoms with Crippen LogP contribution in [0.5, 0.6) is 5.75 Å². The summed E-state index contributed by atoms with van der Waals surface area (Å²) in [5.41, 5.74) is 4.07. The first-order valence-corrected chi connectivity index (χ1v) is 9.14. The van der Waals surface area contributed by atoms with Gasteiger partial charge in [0.2, 0.25) is 5.91 Å². The van der Waals surface area contributed by atoms with Gasteiger partial charge in [0.1, 0.15) is 5.75 Å². The predicted molar refractivity (Wildman–Crippen MR) is 95.9 cm³/mol. The van der Waals surface area contributed by atoms with Crippen LogP contribution in [0.4, 0.5) is 5.69 Å². The number of benzene rings is 1. The van der Waals surface area contributed by atoms with Gasteiger partial charge in [-0.25, -0.2) is 0 Å². The fraction of sp³-hybridized carbons (Fsp3) is 0.650. The largest absolute Gasteiger partial charge is 0.492 e. The van der Waals surface area contributed by atoms with Crippen molar-refractivity contribution >= 4 is 11.6 Å². The minimum absolute atomic E-state index is 0.136. The lowest BCUT2D eigenvalue weighted by Crippen LogP contribution is -2.50. The SMILES string of the molecule is CC(=O)N1CCc2cc3c(cc21)C1(CCN(C(C)(C)C)CC1)CO3. The quantitative estimate of drug-likeness (QED) is 0.733. The van der Waals surface area contributed by atoms with Crippen molar-refractivity contribution in [2.75, 3.05) is 31.1 Å². The van der Waals surface area contributed by atoms with Crippen molar-refractivity contribution in [1.82, 2.24) is 4.90 Å². The van der Waals surface area contributed by atoms with E-state index in [1.54, 1.807) is 6.92 Å². The Balaban J connectivity index is 1.65. The molecule has 0 unspecified atom stereocenters. The van der Waals surface area contributed by atoms with Crippen LogP contribution in [0.15, 0.2) is 12.1 Å². The first-order valence-electron chi connectivity index (χ1n) is 9.14. The molecule has 3 aliphatic rings. The van der Waals surface area contributed by atoms with Gasteiger partial charge in [-0.05, 0) is 70.8 Å². The van der Waals surface area contributed by atoms with Gasteiger partial charge in [-0.2, -0.15) is 0 Å².